The molecule has 5 heteroatoms. The van der Waals surface area contributed by atoms with E-state index in [1.807, 2.05) is 20.8 Å². The van der Waals surface area contributed by atoms with Gasteiger partial charge in [0, 0.05) is 10.5 Å². The number of nitrogens with one attached hydrogen (secondary N) is 1. The van der Waals surface area contributed by atoms with Gasteiger partial charge in [0.2, 0.25) is 10.0 Å². The molecule has 0 aliphatic heterocycles. The lowest BCUT2D eigenvalue weighted by molar-refractivity contribution is 0.566. The molecule has 0 aliphatic carbocycles. The maximum atomic E-state index is 12.5. The van der Waals surface area contributed by atoms with Crippen molar-refractivity contribution in [2.24, 2.45) is 0 Å². The van der Waals surface area contributed by atoms with Crippen molar-refractivity contribution in [3.05, 3.63) is 63.1 Å². The van der Waals surface area contributed by atoms with Gasteiger partial charge >= 0.3 is 0 Å². The van der Waals surface area contributed by atoms with E-state index in [1.54, 1.807) is 24.3 Å². The summed E-state index contributed by atoms with van der Waals surface area (Å²) in [6.45, 7) is 7.97. The Morgan fingerprint density at radius 3 is 2.09 bits per heavy atom. The highest BCUT2D eigenvalue weighted by molar-refractivity contribution is 9.10. The van der Waals surface area contributed by atoms with Crippen LogP contribution in [0.4, 0.5) is 0 Å². The number of hydrogen-bond donors (Lipinski definition) is 1. The van der Waals surface area contributed by atoms with Gasteiger partial charge in [0.1, 0.15) is 0 Å². The molecule has 2 rings (SSSR count). The zero-order valence-corrected chi connectivity index (χ0v) is 15.5. The molecule has 0 aromatic heterocycles. The molecule has 3 nitrogen and oxygen atoms in total. The Morgan fingerprint density at radius 2 is 1.50 bits per heavy atom. The van der Waals surface area contributed by atoms with Crippen LogP contribution in [0.2, 0.25) is 0 Å². The molecule has 1 N–H and O–H groups in total. The van der Waals surface area contributed by atoms with Gasteiger partial charge in [-0.05, 0) is 74.2 Å². The first-order valence-electron chi connectivity index (χ1n) is 7.06. The molecule has 0 saturated heterocycles. The van der Waals surface area contributed by atoms with Gasteiger partial charge in [0.15, 0.2) is 0 Å². The van der Waals surface area contributed by atoms with Gasteiger partial charge in [-0.25, -0.2) is 13.1 Å². The molecule has 0 amide bonds. The van der Waals surface area contributed by atoms with Crippen molar-refractivity contribution < 1.29 is 8.42 Å². The SMILES string of the molecule is Cc1cc(C)c([C@H](C)NS(=O)(=O)c2ccc(Br)cc2)cc1C. The second-order valence-corrected chi connectivity index (χ2v) is 8.22. The highest BCUT2D eigenvalue weighted by Crippen LogP contribution is 2.24. The highest BCUT2D eigenvalue weighted by Gasteiger charge is 2.19. The van der Waals surface area contributed by atoms with E-state index in [4.69, 9.17) is 0 Å². The number of aryl methyl sites for hydroxylation is 3. The molecule has 0 fully saturated rings. The smallest absolute Gasteiger partial charge is 0.207 e. The van der Waals surface area contributed by atoms with Crippen LogP contribution in [0.15, 0.2) is 45.8 Å². The van der Waals surface area contributed by atoms with E-state index < -0.39 is 10.0 Å². The van der Waals surface area contributed by atoms with Crippen molar-refractivity contribution in [2.75, 3.05) is 0 Å². The van der Waals surface area contributed by atoms with E-state index in [0.29, 0.717) is 0 Å². The monoisotopic (exact) mass is 381 g/mol. The van der Waals surface area contributed by atoms with Gasteiger partial charge in [0.25, 0.3) is 0 Å². The first kappa shape index (κ1) is 17.2. The van der Waals surface area contributed by atoms with E-state index in [9.17, 15) is 8.42 Å². The lowest BCUT2D eigenvalue weighted by Crippen LogP contribution is -2.27. The minimum absolute atomic E-state index is 0.268. The van der Waals surface area contributed by atoms with Crippen molar-refractivity contribution in [1.82, 2.24) is 4.72 Å². The Bertz CT molecular complexity index is 783. The first-order chi connectivity index (χ1) is 10.2. The molecule has 0 unspecified atom stereocenters. The predicted octanol–water partition coefficient (Wildman–Crippen LogP) is 4.41. The van der Waals surface area contributed by atoms with Crippen molar-refractivity contribution in [3.8, 4) is 0 Å². The molecular formula is C17H20BrNO2S. The summed E-state index contributed by atoms with van der Waals surface area (Å²) in [5.41, 5.74) is 4.47. The van der Waals surface area contributed by atoms with Gasteiger partial charge in [-0.3, -0.25) is 0 Å². The maximum Gasteiger partial charge on any atom is 0.241 e. The zero-order valence-electron chi connectivity index (χ0n) is 13.1. The fourth-order valence-electron chi connectivity index (χ4n) is 2.43. The number of rotatable bonds is 4. The Kier molecular flexibility index (Phi) is 5.10. The van der Waals surface area contributed by atoms with Crippen LogP contribution in [0.1, 0.15) is 35.2 Å². The molecule has 2 aromatic carbocycles. The summed E-state index contributed by atoms with van der Waals surface area (Å²) < 4.78 is 28.5. The molecule has 22 heavy (non-hydrogen) atoms. The third-order valence-corrected chi connectivity index (χ3v) is 5.89. The highest BCUT2D eigenvalue weighted by atomic mass is 79.9. The van der Waals surface area contributed by atoms with E-state index >= 15 is 0 Å². The van der Waals surface area contributed by atoms with Crippen LogP contribution in [-0.4, -0.2) is 8.42 Å². The number of benzene rings is 2. The number of sulfonamides is 1. The Hall–Kier alpha value is -1.17. The molecular weight excluding hydrogens is 362 g/mol. The fourth-order valence-corrected chi connectivity index (χ4v) is 3.91. The van der Waals surface area contributed by atoms with Crippen molar-refractivity contribution >= 4 is 26.0 Å². The summed E-state index contributed by atoms with van der Waals surface area (Å²) in [5, 5.41) is 0. The topological polar surface area (TPSA) is 46.2 Å². The summed E-state index contributed by atoms with van der Waals surface area (Å²) in [7, 11) is -3.53. The Labute approximate surface area is 140 Å². The molecule has 0 radical (unpaired) electrons. The van der Waals surface area contributed by atoms with Crippen LogP contribution in [0.5, 0.6) is 0 Å². The van der Waals surface area contributed by atoms with Crippen LogP contribution >= 0.6 is 15.9 Å². The van der Waals surface area contributed by atoms with Crippen molar-refractivity contribution in [3.63, 3.8) is 0 Å². The molecule has 118 valence electrons. The first-order valence-corrected chi connectivity index (χ1v) is 9.34. The van der Waals surface area contributed by atoms with E-state index in [2.05, 4.69) is 39.7 Å². The largest absolute Gasteiger partial charge is 0.241 e. The average Bonchev–Trinajstić information content (AvgIpc) is 2.42. The third-order valence-electron chi connectivity index (χ3n) is 3.80. The molecule has 2 aromatic rings. The van der Waals surface area contributed by atoms with Gasteiger partial charge in [-0.15, -0.1) is 0 Å². The molecule has 0 bridgehead atoms. The average molecular weight is 382 g/mol. The number of halogens is 1. The van der Waals surface area contributed by atoms with Gasteiger partial charge in [0.05, 0.1) is 4.90 Å². The molecule has 0 saturated carbocycles. The molecule has 0 heterocycles. The van der Waals surface area contributed by atoms with Gasteiger partial charge < -0.3 is 0 Å². The normalized spacial score (nSPS) is 13.1. The minimum Gasteiger partial charge on any atom is -0.207 e. The molecule has 1 atom stereocenters. The molecule has 0 spiro atoms. The van der Waals surface area contributed by atoms with E-state index in [-0.39, 0.29) is 10.9 Å². The maximum absolute atomic E-state index is 12.5. The molecule has 0 aliphatic rings. The van der Waals surface area contributed by atoms with Gasteiger partial charge in [-0.2, -0.15) is 0 Å². The summed E-state index contributed by atoms with van der Waals surface area (Å²) in [6, 6.07) is 10.5. The Balaban J connectivity index is 2.30. The van der Waals surface area contributed by atoms with Crippen LogP contribution in [-0.2, 0) is 10.0 Å². The summed E-state index contributed by atoms with van der Waals surface area (Å²) in [6.07, 6.45) is 0. The standard InChI is InChI=1S/C17H20BrNO2S/c1-11-9-13(3)17(10-12(11)2)14(4)19-22(20,21)16-7-5-15(18)6-8-16/h5-10,14,19H,1-4H3/t14-/m0/s1. The van der Waals surface area contributed by atoms with Crippen LogP contribution in [0.25, 0.3) is 0 Å². The van der Waals surface area contributed by atoms with Crippen molar-refractivity contribution in [2.45, 2.75) is 38.6 Å². The third kappa shape index (κ3) is 3.77. The quantitative estimate of drug-likeness (QED) is 0.851. The zero-order chi connectivity index (χ0) is 16.5. The summed E-state index contributed by atoms with van der Waals surface area (Å²) in [5.74, 6) is 0. The van der Waals surface area contributed by atoms with Gasteiger partial charge in [-0.1, -0.05) is 28.1 Å². The van der Waals surface area contributed by atoms with Crippen LogP contribution in [0, 0.1) is 20.8 Å². The summed E-state index contributed by atoms with van der Waals surface area (Å²) >= 11 is 3.31. The minimum atomic E-state index is -3.53. The fraction of sp³-hybridized carbons (Fsp3) is 0.294. The lowest BCUT2D eigenvalue weighted by Gasteiger charge is -2.18. The summed E-state index contributed by atoms with van der Waals surface area (Å²) in [4.78, 5) is 0.268. The Morgan fingerprint density at radius 1 is 0.955 bits per heavy atom. The second-order valence-electron chi connectivity index (χ2n) is 5.59. The number of hydrogen-bond acceptors (Lipinski definition) is 2. The van der Waals surface area contributed by atoms with Crippen molar-refractivity contribution in [1.29, 1.82) is 0 Å². The van der Waals surface area contributed by atoms with E-state index in [1.165, 1.54) is 5.56 Å². The second kappa shape index (κ2) is 6.52. The van der Waals surface area contributed by atoms with E-state index in [0.717, 1.165) is 21.2 Å². The lowest BCUT2D eigenvalue weighted by atomic mass is 9.97. The van der Waals surface area contributed by atoms with Crippen LogP contribution < -0.4 is 4.72 Å². The predicted molar refractivity (Wildman–Crippen MR) is 93.5 cm³/mol. The van der Waals surface area contributed by atoms with Crippen LogP contribution in [0.3, 0.4) is 0 Å².